The first-order valence-corrected chi connectivity index (χ1v) is 7.18. The molecule has 0 atom stereocenters. The van der Waals surface area contributed by atoms with Gasteiger partial charge < -0.3 is 15.4 Å². The van der Waals surface area contributed by atoms with Crippen LogP contribution in [0.4, 0.5) is 14.9 Å². The van der Waals surface area contributed by atoms with E-state index in [0.717, 1.165) is 11.3 Å². The summed E-state index contributed by atoms with van der Waals surface area (Å²) in [6, 6.07) is 11.0. The van der Waals surface area contributed by atoms with Crippen LogP contribution in [0, 0.1) is 5.82 Å². The number of urea groups is 1. The average molecular weight is 323 g/mol. The summed E-state index contributed by atoms with van der Waals surface area (Å²) in [5.74, 6) is 0.263. The summed E-state index contributed by atoms with van der Waals surface area (Å²) in [5, 5.41) is 5.25. The average Bonchev–Trinajstić information content (AvgIpc) is 2.51. The first-order chi connectivity index (χ1) is 10.6. The van der Waals surface area contributed by atoms with Gasteiger partial charge in [-0.2, -0.15) is 0 Å². The standard InChI is InChI=1S/C16H16ClFN2O2/c1-2-22-13-6-3-11(4-7-13)10-19-16(21)20-12-5-8-15(18)14(17)9-12/h3-9H,2,10H2,1H3,(H2,19,20,21). The van der Waals surface area contributed by atoms with Crippen LogP contribution in [0.25, 0.3) is 0 Å². The number of hydrogen-bond donors (Lipinski definition) is 2. The number of carbonyl (C=O) groups is 1. The number of halogens is 2. The topological polar surface area (TPSA) is 50.4 Å². The monoisotopic (exact) mass is 322 g/mol. The van der Waals surface area contributed by atoms with Crippen molar-refractivity contribution in [3.05, 3.63) is 58.9 Å². The molecule has 0 saturated carbocycles. The Balaban J connectivity index is 1.85. The number of benzene rings is 2. The lowest BCUT2D eigenvalue weighted by Crippen LogP contribution is -2.28. The molecule has 0 saturated heterocycles. The Hall–Kier alpha value is -2.27. The minimum absolute atomic E-state index is 0.0377. The number of amides is 2. The molecule has 2 rings (SSSR count). The Morgan fingerprint density at radius 2 is 1.95 bits per heavy atom. The molecule has 2 amide bonds. The Morgan fingerprint density at radius 3 is 2.59 bits per heavy atom. The lowest BCUT2D eigenvalue weighted by molar-refractivity contribution is 0.251. The number of hydrogen-bond acceptors (Lipinski definition) is 2. The van der Waals surface area contributed by atoms with Gasteiger partial charge in [0.05, 0.1) is 11.6 Å². The summed E-state index contributed by atoms with van der Waals surface area (Å²) in [6.45, 7) is 2.90. The molecule has 2 aromatic rings. The van der Waals surface area contributed by atoms with E-state index in [9.17, 15) is 9.18 Å². The molecule has 0 aliphatic heterocycles. The van der Waals surface area contributed by atoms with Gasteiger partial charge in [-0.1, -0.05) is 23.7 Å². The zero-order valence-electron chi connectivity index (χ0n) is 12.0. The number of nitrogens with one attached hydrogen (secondary N) is 2. The fourth-order valence-corrected chi connectivity index (χ4v) is 1.98. The van der Waals surface area contributed by atoms with Crippen molar-refractivity contribution in [2.45, 2.75) is 13.5 Å². The molecule has 0 heterocycles. The van der Waals surface area contributed by atoms with E-state index in [0.29, 0.717) is 18.8 Å². The van der Waals surface area contributed by atoms with E-state index in [1.165, 1.54) is 18.2 Å². The van der Waals surface area contributed by atoms with E-state index in [1.54, 1.807) is 0 Å². The largest absolute Gasteiger partial charge is 0.494 e. The van der Waals surface area contributed by atoms with Crippen molar-refractivity contribution in [3.8, 4) is 5.75 Å². The van der Waals surface area contributed by atoms with Crippen LogP contribution in [-0.2, 0) is 6.54 Å². The first kappa shape index (κ1) is 16.1. The Labute approximate surface area is 133 Å². The molecular formula is C16H16ClFN2O2. The van der Waals surface area contributed by atoms with Gasteiger partial charge in [-0.05, 0) is 42.8 Å². The van der Waals surface area contributed by atoms with Crippen molar-refractivity contribution in [1.29, 1.82) is 0 Å². The van der Waals surface area contributed by atoms with Crippen LogP contribution in [-0.4, -0.2) is 12.6 Å². The summed E-state index contributed by atoms with van der Waals surface area (Å²) in [4.78, 5) is 11.8. The predicted octanol–water partition coefficient (Wildman–Crippen LogP) is 4.20. The molecule has 4 nitrogen and oxygen atoms in total. The molecule has 0 fully saturated rings. The van der Waals surface area contributed by atoms with Crippen LogP contribution in [0.5, 0.6) is 5.75 Å². The first-order valence-electron chi connectivity index (χ1n) is 6.80. The van der Waals surface area contributed by atoms with Crippen LogP contribution in [0.15, 0.2) is 42.5 Å². The normalized spacial score (nSPS) is 10.1. The summed E-state index contributed by atoms with van der Waals surface area (Å²) in [6.07, 6.45) is 0. The van der Waals surface area contributed by atoms with Gasteiger partial charge in [0.25, 0.3) is 0 Å². The van der Waals surface area contributed by atoms with Crippen molar-refractivity contribution >= 4 is 23.3 Å². The lowest BCUT2D eigenvalue weighted by atomic mass is 10.2. The van der Waals surface area contributed by atoms with E-state index in [1.807, 2.05) is 31.2 Å². The third-order valence-corrected chi connectivity index (χ3v) is 3.15. The van der Waals surface area contributed by atoms with Gasteiger partial charge >= 0.3 is 6.03 Å². The van der Waals surface area contributed by atoms with E-state index >= 15 is 0 Å². The van der Waals surface area contributed by atoms with Crippen molar-refractivity contribution in [3.63, 3.8) is 0 Å². The number of ether oxygens (including phenoxy) is 1. The van der Waals surface area contributed by atoms with Crippen LogP contribution in [0.3, 0.4) is 0 Å². The second kappa shape index (κ2) is 7.66. The maximum Gasteiger partial charge on any atom is 0.319 e. The second-order valence-electron chi connectivity index (χ2n) is 4.51. The quantitative estimate of drug-likeness (QED) is 0.866. The van der Waals surface area contributed by atoms with E-state index in [2.05, 4.69) is 10.6 Å². The molecular weight excluding hydrogens is 307 g/mol. The Kier molecular flexibility index (Phi) is 5.61. The third-order valence-electron chi connectivity index (χ3n) is 2.86. The van der Waals surface area contributed by atoms with Gasteiger partial charge in [-0.25, -0.2) is 9.18 Å². The number of carbonyl (C=O) groups excluding carboxylic acids is 1. The van der Waals surface area contributed by atoms with E-state index < -0.39 is 11.8 Å². The molecule has 0 spiro atoms. The zero-order valence-corrected chi connectivity index (χ0v) is 12.8. The minimum Gasteiger partial charge on any atom is -0.494 e. The van der Waals surface area contributed by atoms with Gasteiger partial charge in [-0.3, -0.25) is 0 Å². The Bertz CT molecular complexity index is 647. The lowest BCUT2D eigenvalue weighted by Gasteiger charge is -2.09. The summed E-state index contributed by atoms with van der Waals surface area (Å²) >= 11 is 5.65. The van der Waals surface area contributed by atoms with Crippen molar-refractivity contribution in [1.82, 2.24) is 5.32 Å². The van der Waals surface area contributed by atoms with E-state index in [-0.39, 0.29) is 5.02 Å². The molecule has 22 heavy (non-hydrogen) atoms. The molecule has 0 aliphatic rings. The van der Waals surface area contributed by atoms with Crippen molar-refractivity contribution in [2.75, 3.05) is 11.9 Å². The second-order valence-corrected chi connectivity index (χ2v) is 4.92. The van der Waals surface area contributed by atoms with Gasteiger partial charge in [0.15, 0.2) is 0 Å². The van der Waals surface area contributed by atoms with Gasteiger partial charge in [0, 0.05) is 12.2 Å². The van der Waals surface area contributed by atoms with Crippen molar-refractivity contribution in [2.24, 2.45) is 0 Å². The molecule has 0 unspecified atom stereocenters. The SMILES string of the molecule is CCOc1ccc(CNC(=O)Nc2ccc(F)c(Cl)c2)cc1. The fourth-order valence-electron chi connectivity index (χ4n) is 1.80. The van der Waals surface area contributed by atoms with Gasteiger partial charge in [0.2, 0.25) is 0 Å². The highest BCUT2D eigenvalue weighted by Crippen LogP contribution is 2.19. The summed E-state index contributed by atoms with van der Waals surface area (Å²) in [7, 11) is 0. The fraction of sp³-hybridized carbons (Fsp3) is 0.188. The molecule has 0 bridgehead atoms. The van der Waals surface area contributed by atoms with Crippen LogP contribution >= 0.6 is 11.6 Å². The van der Waals surface area contributed by atoms with Crippen LogP contribution in [0.1, 0.15) is 12.5 Å². The minimum atomic E-state index is -0.526. The summed E-state index contributed by atoms with van der Waals surface area (Å²) < 4.78 is 18.4. The molecule has 2 N–H and O–H groups in total. The smallest absolute Gasteiger partial charge is 0.319 e. The maximum atomic E-state index is 13.0. The molecule has 2 aromatic carbocycles. The molecule has 0 aromatic heterocycles. The molecule has 6 heteroatoms. The molecule has 0 aliphatic carbocycles. The van der Waals surface area contributed by atoms with Crippen molar-refractivity contribution < 1.29 is 13.9 Å². The highest BCUT2D eigenvalue weighted by molar-refractivity contribution is 6.31. The highest BCUT2D eigenvalue weighted by atomic mass is 35.5. The maximum absolute atomic E-state index is 13.0. The third kappa shape index (κ3) is 4.63. The van der Waals surface area contributed by atoms with Crippen LogP contribution < -0.4 is 15.4 Å². The summed E-state index contributed by atoms with van der Waals surface area (Å²) in [5.41, 5.74) is 1.37. The highest BCUT2D eigenvalue weighted by Gasteiger charge is 2.05. The van der Waals surface area contributed by atoms with Crippen LogP contribution in [0.2, 0.25) is 5.02 Å². The zero-order chi connectivity index (χ0) is 15.9. The number of anilines is 1. The predicted molar refractivity (Wildman–Crippen MR) is 84.9 cm³/mol. The van der Waals surface area contributed by atoms with Gasteiger partial charge in [0.1, 0.15) is 11.6 Å². The molecule has 116 valence electrons. The van der Waals surface area contributed by atoms with E-state index in [4.69, 9.17) is 16.3 Å². The van der Waals surface area contributed by atoms with Gasteiger partial charge in [-0.15, -0.1) is 0 Å². The number of rotatable bonds is 5. The molecule has 0 radical (unpaired) electrons. The Morgan fingerprint density at radius 1 is 1.23 bits per heavy atom.